The van der Waals surface area contributed by atoms with Crippen LogP contribution in [-0.2, 0) is 0 Å². The van der Waals surface area contributed by atoms with Gasteiger partial charge in [-0.25, -0.2) is 19.7 Å². The predicted molar refractivity (Wildman–Crippen MR) is 50.9 cm³/mol. The second kappa shape index (κ2) is 3.49. The summed E-state index contributed by atoms with van der Waals surface area (Å²) in [6.07, 6.45) is 4.74. The van der Waals surface area contributed by atoms with Crippen LogP contribution in [-0.4, -0.2) is 30.6 Å². The Hall–Kier alpha value is -2.24. The Bertz CT molecular complexity index is 493. The Morgan fingerprint density at radius 3 is 2.87 bits per heavy atom. The molecule has 1 N–H and O–H groups in total. The summed E-state index contributed by atoms with van der Waals surface area (Å²) >= 11 is 0. The highest BCUT2D eigenvalue weighted by Gasteiger charge is 2.09. The zero-order chi connectivity index (χ0) is 10.8. The Balaban J connectivity index is 2.54. The van der Waals surface area contributed by atoms with Gasteiger partial charge in [-0.1, -0.05) is 0 Å². The van der Waals surface area contributed by atoms with Crippen LogP contribution in [0, 0.1) is 6.92 Å². The highest BCUT2D eigenvalue weighted by atomic mass is 16.4. The number of nitrogens with zero attached hydrogens (tertiary/aromatic N) is 4. The number of aromatic carboxylic acids is 1. The molecule has 0 atom stereocenters. The number of hydrogen-bond acceptors (Lipinski definition) is 4. The largest absolute Gasteiger partial charge is 0.477 e. The van der Waals surface area contributed by atoms with Crippen LogP contribution in [0.4, 0.5) is 0 Å². The minimum atomic E-state index is -1.07. The van der Waals surface area contributed by atoms with E-state index in [2.05, 4.69) is 15.0 Å². The number of hydrogen-bond donors (Lipinski definition) is 1. The smallest absolute Gasteiger partial charge is 0.354 e. The van der Waals surface area contributed by atoms with Gasteiger partial charge < -0.3 is 5.11 Å². The number of carboxylic acids is 1. The van der Waals surface area contributed by atoms with Crippen molar-refractivity contribution in [3.8, 4) is 5.95 Å². The van der Waals surface area contributed by atoms with E-state index < -0.39 is 5.97 Å². The Morgan fingerprint density at radius 2 is 2.27 bits per heavy atom. The molecular weight excluding hydrogens is 196 g/mol. The molecule has 0 bridgehead atoms. The van der Waals surface area contributed by atoms with Gasteiger partial charge in [0.25, 0.3) is 0 Å². The van der Waals surface area contributed by atoms with Crippen molar-refractivity contribution >= 4 is 5.97 Å². The van der Waals surface area contributed by atoms with Crippen LogP contribution in [0.15, 0.2) is 24.8 Å². The Morgan fingerprint density at radius 1 is 1.47 bits per heavy atom. The minimum absolute atomic E-state index is 0.0220. The average molecular weight is 204 g/mol. The summed E-state index contributed by atoms with van der Waals surface area (Å²) in [6, 6.07) is 1.42. The second-order valence-corrected chi connectivity index (χ2v) is 2.97. The maximum Gasteiger partial charge on any atom is 0.354 e. The maximum atomic E-state index is 10.8. The lowest BCUT2D eigenvalue weighted by molar-refractivity contribution is 0.0690. The molecule has 0 saturated heterocycles. The van der Waals surface area contributed by atoms with Crippen LogP contribution in [0.1, 0.15) is 16.2 Å². The lowest BCUT2D eigenvalue weighted by Crippen LogP contribution is -2.07. The summed E-state index contributed by atoms with van der Waals surface area (Å²) in [5, 5.41) is 8.82. The number of rotatable bonds is 2. The summed E-state index contributed by atoms with van der Waals surface area (Å²) in [7, 11) is 0. The first-order chi connectivity index (χ1) is 7.16. The first kappa shape index (κ1) is 9.32. The van der Waals surface area contributed by atoms with Crippen molar-refractivity contribution in [3.05, 3.63) is 36.2 Å². The molecular formula is C9H8N4O2. The fourth-order valence-corrected chi connectivity index (χ4v) is 1.16. The highest BCUT2D eigenvalue weighted by Crippen LogP contribution is 2.04. The number of carbonyl (C=O) groups is 1. The fraction of sp³-hybridized carbons (Fsp3) is 0.111. The summed E-state index contributed by atoms with van der Waals surface area (Å²) in [5.74, 6) is -0.758. The molecule has 2 rings (SSSR count). The molecule has 0 unspecified atom stereocenters. The van der Waals surface area contributed by atoms with E-state index >= 15 is 0 Å². The highest BCUT2D eigenvalue weighted by molar-refractivity contribution is 5.85. The molecule has 6 nitrogen and oxygen atoms in total. The standard InChI is InChI=1S/C9H8N4O2/c1-6-4-7(8(14)15)12-9(11-6)13-3-2-10-5-13/h2-5H,1H3,(H,14,15). The van der Waals surface area contributed by atoms with Crippen molar-refractivity contribution in [2.24, 2.45) is 0 Å². The molecule has 0 aliphatic carbocycles. The van der Waals surface area contributed by atoms with E-state index in [-0.39, 0.29) is 5.69 Å². The van der Waals surface area contributed by atoms with E-state index in [9.17, 15) is 4.79 Å². The lowest BCUT2D eigenvalue weighted by Gasteiger charge is -2.02. The molecule has 6 heteroatoms. The van der Waals surface area contributed by atoms with Crippen molar-refractivity contribution in [2.75, 3.05) is 0 Å². The zero-order valence-corrected chi connectivity index (χ0v) is 7.95. The van der Waals surface area contributed by atoms with Gasteiger partial charge in [-0.2, -0.15) is 0 Å². The molecule has 0 fully saturated rings. The Kier molecular flexibility index (Phi) is 2.17. The van der Waals surface area contributed by atoms with Crippen molar-refractivity contribution < 1.29 is 9.90 Å². The van der Waals surface area contributed by atoms with Crippen molar-refractivity contribution in [1.82, 2.24) is 19.5 Å². The van der Waals surface area contributed by atoms with E-state index in [0.717, 1.165) is 0 Å². The molecule has 2 heterocycles. The quantitative estimate of drug-likeness (QED) is 0.777. The van der Waals surface area contributed by atoms with E-state index in [0.29, 0.717) is 11.6 Å². The molecule has 0 radical (unpaired) electrons. The summed E-state index contributed by atoms with van der Waals surface area (Å²) in [4.78, 5) is 22.6. The maximum absolute atomic E-state index is 10.8. The third-order valence-electron chi connectivity index (χ3n) is 1.80. The topological polar surface area (TPSA) is 80.9 Å². The van der Waals surface area contributed by atoms with Crippen LogP contribution in [0.2, 0.25) is 0 Å². The van der Waals surface area contributed by atoms with Gasteiger partial charge in [0.1, 0.15) is 6.33 Å². The monoisotopic (exact) mass is 204 g/mol. The van der Waals surface area contributed by atoms with Crippen LogP contribution in [0.3, 0.4) is 0 Å². The summed E-state index contributed by atoms with van der Waals surface area (Å²) in [6.45, 7) is 1.72. The molecule has 0 spiro atoms. The van der Waals surface area contributed by atoms with Gasteiger partial charge in [0.15, 0.2) is 5.69 Å². The van der Waals surface area contributed by atoms with Gasteiger partial charge in [0, 0.05) is 18.1 Å². The average Bonchev–Trinajstić information content (AvgIpc) is 2.69. The van der Waals surface area contributed by atoms with E-state index in [1.807, 2.05) is 0 Å². The SMILES string of the molecule is Cc1cc(C(=O)O)nc(-n2ccnc2)n1. The fourth-order valence-electron chi connectivity index (χ4n) is 1.16. The number of aryl methyl sites for hydroxylation is 1. The molecule has 0 amide bonds. The van der Waals surface area contributed by atoms with Crippen LogP contribution in [0.25, 0.3) is 5.95 Å². The molecule has 2 aromatic heterocycles. The van der Waals surface area contributed by atoms with E-state index in [1.165, 1.54) is 12.4 Å². The number of carboxylic acid groups (broad SMARTS) is 1. The predicted octanol–water partition coefficient (Wildman–Crippen LogP) is 0.669. The molecule has 0 aromatic carbocycles. The molecule has 15 heavy (non-hydrogen) atoms. The number of imidazole rings is 1. The molecule has 0 aliphatic heterocycles. The first-order valence-corrected chi connectivity index (χ1v) is 4.24. The normalized spacial score (nSPS) is 10.2. The minimum Gasteiger partial charge on any atom is -0.477 e. The van der Waals surface area contributed by atoms with Gasteiger partial charge in [0.2, 0.25) is 5.95 Å². The van der Waals surface area contributed by atoms with Crippen molar-refractivity contribution in [1.29, 1.82) is 0 Å². The molecule has 0 aliphatic rings. The summed E-state index contributed by atoms with van der Waals surface area (Å²) < 4.78 is 1.56. The van der Waals surface area contributed by atoms with Crippen molar-refractivity contribution in [2.45, 2.75) is 6.92 Å². The molecule has 0 saturated carbocycles. The van der Waals surface area contributed by atoms with Crippen molar-refractivity contribution in [3.63, 3.8) is 0 Å². The summed E-state index contributed by atoms with van der Waals surface area (Å²) in [5.41, 5.74) is 0.581. The second-order valence-electron chi connectivity index (χ2n) is 2.97. The molecule has 2 aromatic rings. The zero-order valence-electron chi connectivity index (χ0n) is 7.95. The Labute approximate surface area is 85.3 Å². The third-order valence-corrected chi connectivity index (χ3v) is 1.80. The lowest BCUT2D eigenvalue weighted by atomic mass is 10.3. The van der Waals surface area contributed by atoms with Gasteiger partial charge in [-0.05, 0) is 13.0 Å². The third kappa shape index (κ3) is 1.83. The molecule has 76 valence electrons. The van der Waals surface area contributed by atoms with Crippen LogP contribution in [0.5, 0.6) is 0 Å². The van der Waals surface area contributed by atoms with Crippen LogP contribution < -0.4 is 0 Å². The van der Waals surface area contributed by atoms with Gasteiger partial charge in [0.05, 0.1) is 0 Å². The van der Waals surface area contributed by atoms with Crippen LogP contribution >= 0.6 is 0 Å². The van der Waals surface area contributed by atoms with E-state index in [1.54, 1.807) is 23.9 Å². The van der Waals surface area contributed by atoms with E-state index in [4.69, 9.17) is 5.11 Å². The first-order valence-electron chi connectivity index (χ1n) is 4.24. The number of aromatic nitrogens is 4. The van der Waals surface area contributed by atoms with Gasteiger partial charge >= 0.3 is 5.97 Å². The van der Waals surface area contributed by atoms with Gasteiger partial charge in [-0.3, -0.25) is 4.57 Å². The van der Waals surface area contributed by atoms with Gasteiger partial charge in [-0.15, -0.1) is 0 Å².